The average Bonchev–Trinajstić information content (AvgIpc) is 2.93. The van der Waals surface area contributed by atoms with Crippen molar-refractivity contribution < 1.29 is 0 Å². The van der Waals surface area contributed by atoms with Crippen LogP contribution in [0.4, 0.5) is 0 Å². The Kier molecular flexibility index (Phi) is 3.00. The topological polar surface area (TPSA) is 19.0 Å². The van der Waals surface area contributed by atoms with Crippen molar-refractivity contribution in [1.82, 2.24) is 9.88 Å². The van der Waals surface area contributed by atoms with Gasteiger partial charge < -0.3 is 4.98 Å². The molecule has 1 unspecified atom stereocenters. The number of H-pyrrole nitrogens is 1. The lowest BCUT2D eigenvalue weighted by molar-refractivity contribution is 0.255. The predicted molar refractivity (Wildman–Crippen MR) is 89.3 cm³/mol. The maximum absolute atomic E-state index is 4.48. The lowest BCUT2D eigenvalue weighted by atomic mass is 9.84. The number of allylic oxidation sites excluding steroid dienone is 2. The molecule has 0 saturated carbocycles. The zero-order chi connectivity index (χ0) is 14.4. The van der Waals surface area contributed by atoms with Crippen LogP contribution in [0.3, 0.4) is 0 Å². The van der Waals surface area contributed by atoms with Crippen LogP contribution in [0.2, 0.25) is 0 Å². The Morgan fingerprint density at radius 1 is 1.29 bits per heavy atom. The number of para-hydroxylation sites is 1. The molecule has 1 fully saturated rings. The van der Waals surface area contributed by atoms with Gasteiger partial charge in [-0.15, -0.1) is 0 Å². The molecule has 2 nitrogen and oxygen atoms in total. The first kappa shape index (κ1) is 12.9. The Morgan fingerprint density at radius 2 is 2.14 bits per heavy atom. The van der Waals surface area contributed by atoms with Crippen molar-refractivity contribution in [3.8, 4) is 0 Å². The van der Waals surface area contributed by atoms with E-state index in [9.17, 15) is 0 Å². The summed E-state index contributed by atoms with van der Waals surface area (Å²) in [4.78, 5) is 6.24. The molecule has 3 aliphatic heterocycles. The summed E-state index contributed by atoms with van der Waals surface area (Å²) in [7, 11) is 0. The summed E-state index contributed by atoms with van der Waals surface area (Å²) < 4.78 is 0. The van der Waals surface area contributed by atoms with Crippen LogP contribution in [0.25, 0.3) is 16.5 Å². The van der Waals surface area contributed by atoms with Crippen molar-refractivity contribution in [2.75, 3.05) is 19.6 Å². The second-order valence-electron chi connectivity index (χ2n) is 6.28. The van der Waals surface area contributed by atoms with E-state index in [2.05, 4.69) is 53.7 Å². The zero-order valence-corrected chi connectivity index (χ0v) is 12.7. The van der Waals surface area contributed by atoms with Crippen LogP contribution in [-0.2, 0) is 6.42 Å². The third-order valence-electron chi connectivity index (χ3n) is 5.19. The molecule has 0 radical (unpaired) electrons. The van der Waals surface area contributed by atoms with Gasteiger partial charge in [-0.05, 0) is 43.5 Å². The number of nitrogens with one attached hydrogen (secondary N) is 1. The van der Waals surface area contributed by atoms with Crippen LogP contribution < -0.4 is 0 Å². The molecule has 21 heavy (non-hydrogen) atoms. The highest BCUT2D eigenvalue weighted by Crippen LogP contribution is 2.39. The number of rotatable bonds is 0. The molecule has 1 N–H and O–H groups in total. The van der Waals surface area contributed by atoms with Crippen LogP contribution >= 0.6 is 0 Å². The van der Waals surface area contributed by atoms with E-state index in [1.165, 1.54) is 46.3 Å². The van der Waals surface area contributed by atoms with E-state index in [4.69, 9.17) is 0 Å². The van der Waals surface area contributed by atoms with Crippen molar-refractivity contribution in [2.24, 2.45) is 5.92 Å². The molecular formula is C19H22N2. The zero-order valence-electron chi connectivity index (χ0n) is 12.7. The van der Waals surface area contributed by atoms with Gasteiger partial charge in [0.2, 0.25) is 0 Å². The lowest BCUT2D eigenvalue weighted by Crippen LogP contribution is -2.36. The van der Waals surface area contributed by atoms with Gasteiger partial charge in [-0.2, -0.15) is 0 Å². The van der Waals surface area contributed by atoms with Crippen LogP contribution in [0, 0.1) is 5.92 Å². The molecule has 2 heteroatoms. The Balaban J connectivity index is 1.91. The lowest BCUT2D eigenvalue weighted by Gasteiger charge is -2.33. The number of aromatic nitrogens is 1. The summed E-state index contributed by atoms with van der Waals surface area (Å²) in [6.07, 6.45) is 4.62. The van der Waals surface area contributed by atoms with E-state index < -0.39 is 0 Å². The van der Waals surface area contributed by atoms with E-state index in [0.717, 1.165) is 19.5 Å². The highest BCUT2D eigenvalue weighted by Gasteiger charge is 2.30. The Bertz CT molecular complexity index is 735. The number of piperidine rings is 1. The second kappa shape index (κ2) is 4.88. The van der Waals surface area contributed by atoms with Crippen LogP contribution in [0.5, 0.6) is 0 Å². The molecule has 108 valence electrons. The number of aromatic amines is 1. The van der Waals surface area contributed by atoms with E-state index >= 15 is 0 Å². The van der Waals surface area contributed by atoms with E-state index in [0.29, 0.717) is 5.92 Å². The summed E-state index contributed by atoms with van der Waals surface area (Å²) >= 11 is 0. The SMILES string of the molecule is C=C1c2[nH]c3ccccc3c2CCN2CC[C@@H]1/C(=C/C)C2. The average molecular weight is 278 g/mol. The molecule has 0 aliphatic carbocycles. The van der Waals surface area contributed by atoms with Crippen LogP contribution in [0.1, 0.15) is 24.6 Å². The fraction of sp³-hybridized carbons (Fsp3) is 0.368. The number of hydrogen-bond donors (Lipinski definition) is 1. The smallest absolute Gasteiger partial charge is 0.0461 e. The minimum atomic E-state index is 0.510. The van der Waals surface area contributed by atoms with Gasteiger partial charge in [0.1, 0.15) is 0 Å². The van der Waals surface area contributed by atoms with Gasteiger partial charge in [-0.3, -0.25) is 4.90 Å². The van der Waals surface area contributed by atoms with Crippen molar-refractivity contribution in [2.45, 2.75) is 19.8 Å². The minimum Gasteiger partial charge on any atom is -0.355 e. The van der Waals surface area contributed by atoms with E-state index in [-0.39, 0.29) is 0 Å². The molecule has 5 rings (SSSR count). The highest BCUT2D eigenvalue weighted by atomic mass is 15.1. The summed E-state index contributed by atoms with van der Waals surface area (Å²) in [5.74, 6) is 0.510. The quantitative estimate of drug-likeness (QED) is 0.722. The monoisotopic (exact) mass is 278 g/mol. The molecule has 2 bridgehead atoms. The normalized spacial score (nSPS) is 27.5. The molecule has 0 amide bonds. The molecule has 2 atom stereocenters. The minimum absolute atomic E-state index is 0.510. The Labute approximate surface area is 126 Å². The standard InChI is InChI=1S/C19H22N2/c1-3-14-12-21-10-8-15(14)13(2)19-17(9-11-21)16-6-4-5-7-18(16)20-19/h3-7,15,20H,2,8-12H2,1H3/b14-3+/t15-/m0/s1. The summed E-state index contributed by atoms with van der Waals surface area (Å²) in [5, 5.41) is 1.37. The predicted octanol–water partition coefficient (Wildman–Crippen LogP) is 4.01. The maximum atomic E-state index is 4.48. The van der Waals surface area contributed by atoms with E-state index in [1.807, 2.05) is 0 Å². The largest absolute Gasteiger partial charge is 0.355 e. The van der Waals surface area contributed by atoms with Crippen molar-refractivity contribution >= 4 is 16.5 Å². The number of hydrogen-bond acceptors (Lipinski definition) is 1. The molecule has 1 saturated heterocycles. The van der Waals surface area contributed by atoms with Crippen molar-refractivity contribution in [3.63, 3.8) is 0 Å². The molecule has 3 aliphatic rings. The molecule has 0 spiro atoms. The number of benzene rings is 1. The first-order valence-corrected chi connectivity index (χ1v) is 7.94. The second-order valence-corrected chi connectivity index (χ2v) is 6.28. The number of nitrogens with zero attached hydrogens (tertiary/aromatic N) is 1. The third-order valence-corrected chi connectivity index (χ3v) is 5.19. The van der Waals surface area contributed by atoms with Gasteiger partial charge in [-0.25, -0.2) is 0 Å². The van der Waals surface area contributed by atoms with Crippen molar-refractivity contribution in [3.05, 3.63) is 53.8 Å². The van der Waals surface area contributed by atoms with E-state index in [1.54, 1.807) is 0 Å². The summed E-state index contributed by atoms with van der Waals surface area (Å²) in [5.41, 5.74) is 6.83. The third kappa shape index (κ3) is 1.97. The van der Waals surface area contributed by atoms with Gasteiger partial charge in [-0.1, -0.05) is 36.4 Å². The number of fused-ring (bicyclic) bond motifs is 4. The molecule has 1 aromatic carbocycles. The Hall–Kier alpha value is -1.80. The van der Waals surface area contributed by atoms with Gasteiger partial charge in [0.25, 0.3) is 0 Å². The fourth-order valence-corrected chi connectivity index (χ4v) is 4.00. The van der Waals surface area contributed by atoms with Gasteiger partial charge >= 0.3 is 0 Å². The van der Waals surface area contributed by atoms with Gasteiger partial charge in [0, 0.05) is 35.6 Å². The first-order valence-electron chi connectivity index (χ1n) is 7.94. The maximum Gasteiger partial charge on any atom is 0.0461 e. The van der Waals surface area contributed by atoms with Crippen molar-refractivity contribution in [1.29, 1.82) is 0 Å². The molecule has 2 aromatic rings. The highest BCUT2D eigenvalue weighted by molar-refractivity contribution is 5.89. The first-order chi connectivity index (χ1) is 10.3. The molecule has 1 aromatic heterocycles. The summed E-state index contributed by atoms with van der Waals surface area (Å²) in [6.45, 7) is 10.1. The Morgan fingerprint density at radius 3 is 3.00 bits per heavy atom. The summed E-state index contributed by atoms with van der Waals surface area (Å²) in [6, 6.07) is 8.66. The van der Waals surface area contributed by atoms with Crippen LogP contribution in [0.15, 0.2) is 42.5 Å². The molecular weight excluding hydrogens is 256 g/mol. The van der Waals surface area contributed by atoms with Gasteiger partial charge in [0.15, 0.2) is 0 Å². The molecule has 4 heterocycles. The van der Waals surface area contributed by atoms with Gasteiger partial charge in [0.05, 0.1) is 0 Å². The van der Waals surface area contributed by atoms with Crippen LogP contribution in [-0.4, -0.2) is 29.5 Å². The fourth-order valence-electron chi connectivity index (χ4n) is 4.00.